The number of hydrogen-bond acceptors (Lipinski definition) is 3. The fourth-order valence-corrected chi connectivity index (χ4v) is 1.87. The fourth-order valence-electron chi connectivity index (χ4n) is 1.17. The van der Waals surface area contributed by atoms with Gasteiger partial charge in [0.25, 0.3) is 0 Å². The molecule has 88 valence electrons. The van der Waals surface area contributed by atoms with Crippen molar-refractivity contribution in [2.24, 2.45) is 0 Å². The van der Waals surface area contributed by atoms with Gasteiger partial charge in [0.1, 0.15) is 17.4 Å². The van der Waals surface area contributed by atoms with Crippen LogP contribution in [0.2, 0.25) is 5.15 Å². The summed E-state index contributed by atoms with van der Waals surface area (Å²) in [7, 11) is 0. The van der Waals surface area contributed by atoms with Crippen molar-refractivity contribution >= 4 is 43.5 Å². The lowest BCUT2D eigenvalue weighted by Gasteiger charge is -2.07. The van der Waals surface area contributed by atoms with E-state index in [1.807, 2.05) is 24.3 Å². The molecule has 0 aliphatic carbocycles. The molecule has 1 aromatic heterocycles. The van der Waals surface area contributed by atoms with Gasteiger partial charge in [-0.2, -0.15) is 0 Å². The normalized spacial score (nSPS) is 10.3. The van der Waals surface area contributed by atoms with E-state index in [1.165, 1.54) is 6.33 Å². The van der Waals surface area contributed by atoms with Crippen molar-refractivity contribution in [1.29, 1.82) is 0 Å². The van der Waals surface area contributed by atoms with Gasteiger partial charge in [-0.05, 0) is 33.6 Å². The van der Waals surface area contributed by atoms with Gasteiger partial charge in [0.15, 0.2) is 5.15 Å². The van der Waals surface area contributed by atoms with Crippen molar-refractivity contribution in [2.45, 2.75) is 6.61 Å². The highest BCUT2D eigenvalue weighted by molar-refractivity contribution is 9.10. The summed E-state index contributed by atoms with van der Waals surface area (Å²) in [5, 5.41) is 0.339. The highest BCUT2D eigenvalue weighted by Gasteiger charge is 2.07. The van der Waals surface area contributed by atoms with Crippen LogP contribution in [0.1, 0.15) is 5.56 Å². The number of halogens is 3. The van der Waals surface area contributed by atoms with Crippen molar-refractivity contribution in [2.75, 3.05) is 0 Å². The number of aromatic nitrogens is 2. The third-order valence-corrected chi connectivity index (χ3v) is 3.76. The smallest absolute Gasteiger partial charge is 0.233 e. The molecule has 0 aliphatic rings. The molecule has 0 bridgehead atoms. The summed E-state index contributed by atoms with van der Waals surface area (Å²) in [5.41, 5.74) is 1.05. The van der Waals surface area contributed by atoms with Crippen LogP contribution in [0.5, 0.6) is 5.88 Å². The second-order valence-corrected chi connectivity index (χ2v) is 5.27. The first kappa shape index (κ1) is 12.8. The Morgan fingerprint density at radius 1 is 1.12 bits per heavy atom. The van der Waals surface area contributed by atoms with Gasteiger partial charge in [-0.15, -0.1) is 0 Å². The predicted molar refractivity (Wildman–Crippen MR) is 73.2 cm³/mol. The van der Waals surface area contributed by atoms with Crippen LogP contribution >= 0.6 is 43.5 Å². The van der Waals surface area contributed by atoms with Crippen LogP contribution in [-0.4, -0.2) is 9.97 Å². The van der Waals surface area contributed by atoms with Gasteiger partial charge >= 0.3 is 0 Å². The van der Waals surface area contributed by atoms with Gasteiger partial charge in [-0.3, -0.25) is 0 Å². The van der Waals surface area contributed by atoms with Crippen molar-refractivity contribution in [3.05, 3.63) is 50.3 Å². The molecule has 0 saturated heterocycles. The Labute approximate surface area is 120 Å². The summed E-state index contributed by atoms with van der Waals surface area (Å²) in [6.07, 6.45) is 1.37. The molecular formula is C11H7Br2ClN2O. The van der Waals surface area contributed by atoms with E-state index in [-0.39, 0.29) is 0 Å². The molecule has 0 fully saturated rings. The molecule has 2 aromatic rings. The van der Waals surface area contributed by atoms with E-state index in [9.17, 15) is 0 Å². The van der Waals surface area contributed by atoms with Crippen molar-refractivity contribution in [3.8, 4) is 5.88 Å². The largest absolute Gasteiger partial charge is 0.472 e. The van der Waals surface area contributed by atoms with Crippen LogP contribution in [0.15, 0.2) is 39.5 Å². The molecule has 1 aromatic carbocycles. The van der Waals surface area contributed by atoms with Crippen molar-refractivity contribution in [1.82, 2.24) is 9.97 Å². The number of ether oxygens (including phenoxy) is 1. The molecule has 0 radical (unpaired) electrons. The first-order valence-corrected chi connectivity index (χ1v) is 6.66. The lowest BCUT2D eigenvalue weighted by molar-refractivity contribution is 0.291. The van der Waals surface area contributed by atoms with Gasteiger partial charge in [-0.25, -0.2) is 9.97 Å². The molecule has 1 heterocycles. The molecule has 3 nitrogen and oxygen atoms in total. The lowest BCUT2D eigenvalue weighted by Crippen LogP contribution is -1.98. The highest BCUT2D eigenvalue weighted by Crippen LogP contribution is 2.28. The Hall–Kier alpha value is -0.650. The van der Waals surface area contributed by atoms with Gasteiger partial charge in [0, 0.05) is 4.47 Å². The molecule has 17 heavy (non-hydrogen) atoms. The minimum absolute atomic E-state index is 0.339. The summed E-state index contributed by atoms with van der Waals surface area (Å²) < 4.78 is 7.15. The van der Waals surface area contributed by atoms with Gasteiger partial charge < -0.3 is 4.74 Å². The minimum Gasteiger partial charge on any atom is -0.472 e. The summed E-state index contributed by atoms with van der Waals surface area (Å²) in [4.78, 5) is 7.83. The van der Waals surface area contributed by atoms with Crippen LogP contribution < -0.4 is 4.74 Å². The number of benzene rings is 1. The van der Waals surface area contributed by atoms with E-state index in [4.69, 9.17) is 16.3 Å². The average Bonchev–Trinajstić information content (AvgIpc) is 2.33. The number of hydrogen-bond donors (Lipinski definition) is 0. The molecule has 2 rings (SSSR count). The average molecular weight is 378 g/mol. The van der Waals surface area contributed by atoms with E-state index < -0.39 is 0 Å². The first-order chi connectivity index (χ1) is 8.16. The SMILES string of the molecule is Clc1ncnc(OCc2ccc(Br)cc2)c1Br. The molecular weight excluding hydrogens is 371 g/mol. The van der Waals surface area contributed by atoms with Crippen LogP contribution in [0.25, 0.3) is 0 Å². The molecule has 0 saturated carbocycles. The Kier molecular flexibility index (Phi) is 4.36. The summed E-state index contributed by atoms with van der Waals surface area (Å²) in [5.74, 6) is 0.438. The van der Waals surface area contributed by atoms with E-state index in [0.717, 1.165) is 10.0 Å². The van der Waals surface area contributed by atoms with E-state index >= 15 is 0 Å². The summed E-state index contributed by atoms with van der Waals surface area (Å²) >= 11 is 12.5. The van der Waals surface area contributed by atoms with Gasteiger partial charge in [0.05, 0.1) is 0 Å². The molecule has 0 spiro atoms. The maximum atomic E-state index is 5.83. The Morgan fingerprint density at radius 3 is 2.53 bits per heavy atom. The van der Waals surface area contributed by atoms with Crippen LogP contribution in [-0.2, 0) is 6.61 Å². The van der Waals surface area contributed by atoms with Crippen LogP contribution in [0.3, 0.4) is 0 Å². The quantitative estimate of drug-likeness (QED) is 0.750. The Morgan fingerprint density at radius 2 is 1.82 bits per heavy atom. The van der Waals surface area contributed by atoms with Crippen LogP contribution in [0, 0.1) is 0 Å². The topological polar surface area (TPSA) is 35.0 Å². The number of rotatable bonds is 3. The van der Waals surface area contributed by atoms with Crippen LogP contribution in [0.4, 0.5) is 0 Å². The molecule has 0 N–H and O–H groups in total. The maximum absolute atomic E-state index is 5.83. The molecule has 0 aliphatic heterocycles. The Bertz CT molecular complexity index is 519. The second-order valence-electron chi connectivity index (χ2n) is 3.20. The van der Waals surface area contributed by atoms with E-state index in [2.05, 4.69) is 41.8 Å². The van der Waals surface area contributed by atoms with Gasteiger partial charge in [0.2, 0.25) is 5.88 Å². The standard InChI is InChI=1S/C11H7Br2ClN2O/c12-8-3-1-7(2-4-8)5-17-11-9(13)10(14)15-6-16-11/h1-4,6H,5H2. The highest BCUT2D eigenvalue weighted by atomic mass is 79.9. The lowest BCUT2D eigenvalue weighted by atomic mass is 10.2. The first-order valence-electron chi connectivity index (χ1n) is 4.70. The minimum atomic E-state index is 0.339. The van der Waals surface area contributed by atoms with Crippen molar-refractivity contribution < 1.29 is 4.74 Å². The fraction of sp³-hybridized carbons (Fsp3) is 0.0909. The molecule has 0 atom stereocenters. The molecule has 6 heteroatoms. The Balaban J connectivity index is 2.07. The second kappa shape index (κ2) is 5.80. The number of nitrogens with zero attached hydrogens (tertiary/aromatic N) is 2. The monoisotopic (exact) mass is 376 g/mol. The van der Waals surface area contributed by atoms with E-state index in [1.54, 1.807) is 0 Å². The molecule has 0 amide bonds. The molecule has 0 unspecified atom stereocenters. The van der Waals surface area contributed by atoms with Gasteiger partial charge in [-0.1, -0.05) is 39.7 Å². The third-order valence-electron chi connectivity index (χ3n) is 2.00. The zero-order valence-corrected chi connectivity index (χ0v) is 12.5. The zero-order valence-electron chi connectivity index (χ0n) is 8.53. The maximum Gasteiger partial charge on any atom is 0.233 e. The predicted octanol–water partition coefficient (Wildman–Crippen LogP) is 4.23. The van der Waals surface area contributed by atoms with Crippen molar-refractivity contribution in [3.63, 3.8) is 0 Å². The van der Waals surface area contributed by atoms with E-state index in [0.29, 0.717) is 22.1 Å². The zero-order chi connectivity index (χ0) is 12.3. The summed E-state index contributed by atoms with van der Waals surface area (Å²) in [6, 6.07) is 7.86. The summed E-state index contributed by atoms with van der Waals surface area (Å²) in [6.45, 7) is 0.430. The third kappa shape index (κ3) is 3.40.